The Bertz CT molecular complexity index is 707. The summed E-state index contributed by atoms with van der Waals surface area (Å²) in [5, 5.41) is 3.44. The summed E-state index contributed by atoms with van der Waals surface area (Å²) in [5.74, 6) is 2.20. The molecule has 7 nitrogen and oxygen atoms in total. The molecule has 1 N–H and O–H groups in total. The molecule has 2 heterocycles. The van der Waals surface area contributed by atoms with Crippen molar-refractivity contribution in [2.75, 3.05) is 64.4 Å². The zero-order valence-corrected chi connectivity index (χ0v) is 21.3. The highest BCUT2D eigenvalue weighted by Gasteiger charge is 2.20. The fraction of sp³-hybridized carbons (Fsp3) is 0.652. The molecule has 0 atom stereocenters. The summed E-state index contributed by atoms with van der Waals surface area (Å²) in [6, 6.07) is 8.26. The van der Waals surface area contributed by atoms with Gasteiger partial charge in [0, 0.05) is 70.5 Å². The minimum Gasteiger partial charge on any atom is -0.497 e. The standard InChI is InChI=1S/C23H37N5O2.HI/c1-3-24-23(25-12-8-14-27-13-6-4-5-11-22(27)29)28-17-15-26(16-18-28)20-9-7-10-21(19-20)30-2;/h7,9-10,19H,3-6,8,11-18H2,1-2H3,(H,24,25);1H. The van der Waals surface area contributed by atoms with Gasteiger partial charge in [-0.1, -0.05) is 12.5 Å². The Labute approximate surface area is 204 Å². The van der Waals surface area contributed by atoms with E-state index in [1.165, 1.54) is 12.1 Å². The Morgan fingerprint density at radius 1 is 1.13 bits per heavy atom. The number of rotatable bonds is 7. The lowest BCUT2D eigenvalue weighted by atomic mass is 10.2. The van der Waals surface area contributed by atoms with Gasteiger partial charge in [0.05, 0.1) is 7.11 Å². The lowest BCUT2D eigenvalue weighted by Gasteiger charge is -2.37. The molecule has 8 heteroatoms. The molecular weight excluding hydrogens is 505 g/mol. The number of guanidine groups is 1. The molecule has 0 spiro atoms. The van der Waals surface area contributed by atoms with Crippen LogP contribution in [0.2, 0.25) is 0 Å². The lowest BCUT2D eigenvalue weighted by Crippen LogP contribution is -2.52. The summed E-state index contributed by atoms with van der Waals surface area (Å²) in [6.45, 7) is 9.25. The number of amides is 1. The quantitative estimate of drug-likeness (QED) is 0.248. The van der Waals surface area contributed by atoms with Gasteiger partial charge in [-0.05, 0) is 38.3 Å². The molecule has 174 valence electrons. The van der Waals surface area contributed by atoms with E-state index in [4.69, 9.17) is 9.73 Å². The molecule has 0 aromatic heterocycles. The van der Waals surface area contributed by atoms with Crippen LogP contribution in [0.3, 0.4) is 0 Å². The molecule has 0 radical (unpaired) electrons. The summed E-state index contributed by atoms with van der Waals surface area (Å²) in [7, 11) is 1.71. The summed E-state index contributed by atoms with van der Waals surface area (Å²) in [5.41, 5.74) is 1.21. The number of nitrogens with zero attached hydrogens (tertiary/aromatic N) is 4. The second kappa shape index (κ2) is 13.6. The van der Waals surface area contributed by atoms with Crippen LogP contribution in [0, 0.1) is 0 Å². The number of ether oxygens (including phenoxy) is 1. The third-order valence-electron chi connectivity index (χ3n) is 5.85. The van der Waals surface area contributed by atoms with E-state index in [9.17, 15) is 4.79 Å². The molecule has 1 aromatic carbocycles. The largest absolute Gasteiger partial charge is 0.497 e. The maximum absolute atomic E-state index is 12.1. The number of nitrogens with one attached hydrogen (secondary N) is 1. The van der Waals surface area contributed by atoms with Crippen LogP contribution in [0.5, 0.6) is 5.75 Å². The van der Waals surface area contributed by atoms with E-state index in [2.05, 4.69) is 34.2 Å². The number of hydrogen-bond donors (Lipinski definition) is 1. The molecule has 0 saturated carbocycles. The van der Waals surface area contributed by atoms with E-state index in [0.717, 1.165) is 83.3 Å². The van der Waals surface area contributed by atoms with E-state index in [0.29, 0.717) is 12.3 Å². The van der Waals surface area contributed by atoms with E-state index in [-0.39, 0.29) is 24.0 Å². The highest BCUT2D eigenvalue weighted by atomic mass is 127. The molecular formula is C23H38IN5O2. The fourth-order valence-corrected chi connectivity index (χ4v) is 4.13. The minimum absolute atomic E-state index is 0. The first-order valence-corrected chi connectivity index (χ1v) is 11.4. The number of benzene rings is 1. The van der Waals surface area contributed by atoms with Crippen molar-refractivity contribution < 1.29 is 9.53 Å². The summed E-state index contributed by atoms with van der Waals surface area (Å²) in [6.07, 6.45) is 4.98. The fourth-order valence-electron chi connectivity index (χ4n) is 4.13. The van der Waals surface area contributed by atoms with Crippen LogP contribution in [0.4, 0.5) is 5.69 Å². The van der Waals surface area contributed by atoms with Gasteiger partial charge in [0.2, 0.25) is 5.91 Å². The Hall–Kier alpha value is -1.71. The highest BCUT2D eigenvalue weighted by Crippen LogP contribution is 2.22. The number of carbonyl (C=O) groups excluding carboxylic acids is 1. The van der Waals surface area contributed by atoms with Gasteiger partial charge >= 0.3 is 0 Å². The number of likely N-dealkylation sites (tertiary alicyclic amines) is 1. The van der Waals surface area contributed by atoms with Gasteiger partial charge < -0.3 is 24.8 Å². The van der Waals surface area contributed by atoms with E-state index >= 15 is 0 Å². The third kappa shape index (κ3) is 7.73. The van der Waals surface area contributed by atoms with Crippen LogP contribution in [0.1, 0.15) is 39.0 Å². The molecule has 1 aromatic rings. The number of methoxy groups -OCH3 is 1. The zero-order valence-electron chi connectivity index (χ0n) is 19.0. The average Bonchev–Trinajstić information content (AvgIpc) is 3.00. The van der Waals surface area contributed by atoms with Crippen molar-refractivity contribution in [1.82, 2.24) is 15.1 Å². The first kappa shape index (κ1) is 25.5. The Kier molecular flexibility index (Phi) is 11.2. The topological polar surface area (TPSA) is 60.4 Å². The van der Waals surface area contributed by atoms with E-state index in [1.807, 2.05) is 17.0 Å². The second-order valence-electron chi connectivity index (χ2n) is 7.96. The molecule has 2 aliphatic rings. The van der Waals surface area contributed by atoms with Gasteiger partial charge in [0.15, 0.2) is 5.96 Å². The van der Waals surface area contributed by atoms with Gasteiger partial charge in [-0.15, -0.1) is 24.0 Å². The van der Waals surface area contributed by atoms with Crippen LogP contribution < -0.4 is 15.0 Å². The van der Waals surface area contributed by atoms with Crippen LogP contribution in [0.25, 0.3) is 0 Å². The highest BCUT2D eigenvalue weighted by molar-refractivity contribution is 14.0. The summed E-state index contributed by atoms with van der Waals surface area (Å²) in [4.78, 5) is 23.8. The number of piperazine rings is 1. The Balaban J connectivity index is 0.00000341. The maximum Gasteiger partial charge on any atom is 0.222 e. The molecule has 1 amide bonds. The lowest BCUT2D eigenvalue weighted by molar-refractivity contribution is -0.130. The number of aliphatic imine (C=N–C) groups is 1. The van der Waals surface area contributed by atoms with Crippen molar-refractivity contribution in [3.8, 4) is 5.75 Å². The predicted molar refractivity (Wildman–Crippen MR) is 138 cm³/mol. The minimum atomic E-state index is 0. The van der Waals surface area contributed by atoms with Crippen molar-refractivity contribution in [3.05, 3.63) is 24.3 Å². The molecule has 2 saturated heterocycles. The smallest absolute Gasteiger partial charge is 0.222 e. The van der Waals surface area contributed by atoms with Gasteiger partial charge in [-0.2, -0.15) is 0 Å². The van der Waals surface area contributed by atoms with Crippen LogP contribution in [-0.4, -0.2) is 81.1 Å². The van der Waals surface area contributed by atoms with Crippen LogP contribution in [-0.2, 0) is 4.79 Å². The van der Waals surface area contributed by atoms with Crippen molar-refractivity contribution >= 4 is 41.5 Å². The van der Waals surface area contributed by atoms with Crippen molar-refractivity contribution in [2.45, 2.75) is 39.0 Å². The van der Waals surface area contributed by atoms with Crippen molar-refractivity contribution in [3.63, 3.8) is 0 Å². The monoisotopic (exact) mass is 543 g/mol. The summed E-state index contributed by atoms with van der Waals surface area (Å²) >= 11 is 0. The zero-order chi connectivity index (χ0) is 21.2. The molecule has 0 unspecified atom stereocenters. The first-order valence-electron chi connectivity index (χ1n) is 11.4. The molecule has 31 heavy (non-hydrogen) atoms. The van der Waals surface area contributed by atoms with Crippen LogP contribution in [0.15, 0.2) is 29.3 Å². The number of halogens is 1. The third-order valence-corrected chi connectivity index (χ3v) is 5.85. The average molecular weight is 543 g/mol. The molecule has 0 bridgehead atoms. The summed E-state index contributed by atoms with van der Waals surface area (Å²) < 4.78 is 5.36. The molecule has 3 rings (SSSR count). The first-order chi connectivity index (χ1) is 14.7. The second-order valence-corrected chi connectivity index (χ2v) is 7.96. The number of carbonyl (C=O) groups is 1. The van der Waals surface area contributed by atoms with Crippen molar-refractivity contribution in [2.24, 2.45) is 4.99 Å². The maximum atomic E-state index is 12.1. The Morgan fingerprint density at radius 3 is 2.68 bits per heavy atom. The van der Waals surface area contributed by atoms with Gasteiger partial charge in [0.25, 0.3) is 0 Å². The molecule has 0 aliphatic carbocycles. The Morgan fingerprint density at radius 2 is 1.94 bits per heavy atom. The predicted octanol–water partition coefficient (Wildman–Crippen LogP) is 3.19. The SMILES string of the molecule is CCNC(=NCCCN1CCCCCC1=O)N1CCN(c2cccc(OC)c2)CC1.I. The molecule has 2 fully saturated rings. The normalized spacial score (nSPS) is 17.8. The number of hydrogen-bond acceptors (Lipinski definition) is 4. The van der Waals surface area contributed by atoms with Gasteiger partial charge in [-0.25, -0.2) is 0 Å². The van der Waals surface area contributed by atoms with Gasteiger partial charge in [-0.3, -0.25) is 9.79 Å². The molecule has 2 aliphatic heterocycles. The van der Waals surface area contributed by atoms with Crippen molar-refractivity contribution in [1.29, 1.82) is 0 Å². The van der Waals surface area contributed by atoms with E-state index < -0.39 is 0 Å². The number of anilines is 1. The van der Waals surface area contributed by atoms with Gasteiger partial charge in [0.1, 0.15) is 5.75 Å². The van der Waals surface area contributed by atoms with E-state index in [1.54, 1.807) is 7.11 Å². The van der Waals surface area contributed by atoms with Crippen LogP contribution >= 0.6 is 24.0 Å².